The van der Waals surface area contributed by atoms with Crippen LogP contribution in [0.5, 0.6) is 0 Å². The minimum atomic E-state index is -2.78. The van der Waals surface area contributed by atoms with E-state index in [4.69, 9.17) is 5.11 Å². The highest BCUT2D eigenvalue weighted by molar-refractivity contribution is 5.87. The molecule has 0 spiro atoms. The lowest BCUT2D eigenvalue weighted by molar-refractivity contribution is -0.131. The minimum absolute atomic E-state index is 0.0923. The summed E-state index contributed by atoms with van der Waals surface area (Å²) in [5.41, 5.74) is 1.76. The summed E-state index contributed by atoms with van der Waals surface area (Å²) < 4.78 is 28.0. The number of hydrogen-bond acceptors (Lipinski definition) is 2. The van der Waals surface area contributed by atoms with Gasteiger partial charge in [0.15, 0.2) is 0 Å². The first-order chi connectivity index (χ1) is 7.91. The third-order valence-electron chi connectivity index (χ3n) is 2.52. The molecule has 0 saturated heterocycles. The molecule has 94 valence electrons. The molecule has 0 aromatic heterocycles. The first-order valence-electron chi connectivity index (χ1n) is 5.15. The molecule has 0 fully saturated rings. The number of halogens is 2. The van der Waals surface area contributed by atoms with Gasteiger partial charge in [0.1, 0.15) is 0 Å². The molecule has 1 aromatic rings. The Morgan fingerprint density at radius 2 is 2.12 bits per heavy atom. The number of carboxylic acids is 1. The number of rotatable bonds is 5. The van der Waals surface area contributed by atoms with E-state index >= 15 is 0 Å². The number of carboxylic acid groups (broad SMARTS) is 1. The van der Waals surface area contributed by atoms with Crippen LogP contribution in [0.4, 0.5) is 8.78 Å². The molecule has 0 aliphatic carbocycles. The van der Waals surface area contributed by atoms with E-state index in [0.717, 1.165) is 11.1 Å². The largest absolute Gasteiger partial charge is 0.478 e. The predicted molar refractivity (Wildman–Crippen MR) is 58.5 cm³/mol. The summed E-state index contributed by atoms with van der Waals surface area (Å²) >= 11 is 0. The van der Waals surface area contributed by atoms with Gasteiger partial charge in [-0.2, -0.15) is 8.78 Å². The highest BCUT2D eigenvalue weighted by Gasteiger charge is 2.13. The Morgan fingerprint density at radius 1 is 1.47 bits per heavy atom. The Bertz CT molecular complexity index is 405. The Morgan fingerprint density at radius 3 is 2.59 bits per heavy atom. The Labute approximate surface area is 98.0 Å². The monoisotopic (exact) mass is 244 g/mol. The first-order valence-corrected chi connectivity index (χ1v) is 5.15. The van der Waals surface area contributed by atoms with Crippen molar-refractivity contribution >= 4 is 5.97 Å². The summed E-state index contributed by atoms with van der Waals surface area (Å²) in [6.07, 6.45) is 0. The maximum absolute atomic E-state index is 11.9. The SMILES string of the molecule is Cc1cc(C(=O)O)ccc1C(C)COC(F)F. The van der Waals surface area contributed by atoms with Crippen LogP contribution in [0, 0.1) is 6.92 Å². The van der Waals surface area contributed by atoms with Crippen LogP contribution in [0.1, 0.15) is 34.3 Å². The van der Waals surface area contributed by atoms with Gasteiger partial charge in [-0.05, 0) is 30.2 Å². The standard InChI is InChI=1S/C12H14F2O3/c1-7-5-9(11(15)16)3-4-10(7)8(2)6-17-12(13)14/h3-5,8,12H,6H2,1-2H3,(H,15,16). The maximum Gasteiger partial charge on any atom is 0.345 e. The van der Waals surface area contributed by atoms with Crippen molar-refractivity contribution in [3.63, 3.8) is 0 Å². The lowest BCUT2D eigenvalue weighted by Gasteiger charge is -2.15. The number of aromatic carboxylic acids is 1. The second kappa shape index (κ2) is 5.72. The molecule has 1 unspecified atom stereocenters. The van der Waals surface area contributed by atoms with Crippen LogP contribution in [0.2, 0.25) is 0 Å². The van der Waals surface area contributed by atoms with E-state index in [1.165, 1.54) is 12.1 Å². The van der Waals surface area contributed by atoms with Crippen molar-refractivity contribution in [2.24, 2.45) is 0 Å². The van der Waals surface area contributed by atoms with Gasteiger partial charge >= 0.3 is 12.6 Å². The van der Waals surface area contributed by atoms with Crippen molar-refractivity contribution in [3.05, 3.63) is 34.9 Å². The van der Waals surface area contributed by atoms with Crippen LogP contribution in [-0.4, -0.2) is 24.3 Å². The van der Waals surface area contributed by atoms with E-state index in [-0.39, 0.29) is 18.1 Å². The fraction of sp³-hybridized carbons (Fsp3) is 0.417. The molecule has 1 N–H and O–H groups in total. The molecule has 3 nitrogen and oxygen atoms in total. The molecule has 0 saturated carbocycles. The zero-order valence-electron chi connectivity index (χ0n) is 9.61. The van der Waals surface area contributed by atoms with Crippen LogP contribution in [0.3, 0.4) is 0 Å². The van der Waals surface area contributed by atoms with Gasteiger partial charge < -0.3 is 9.84 Å². The van der Waals surface area contributed by atoms with Gasteiger partial charge in [-0.25, -0.2) is 4.79 Å². The number of ether oxygens (including phenoxy) is 1. The summed E-state index contributed by atoms with van der Waals surface area (Å²) in [6.45, 7) is 0.632. The molecule has 0 amide bonds. The van der Waals surface area contributed by atoms with Crippen molar-refractivity contribution in [1.82, 2.24) is 0 Å². The van der Waals surface area contributed by atoms with Crippen LogP contribution < -0.4 is 0 Å². The molecular formula is C12H14F2O3. The summed E-state index contributed by atoms with van der Waals surface area (Å²) in [6, 6.07) is 4.62. The number of alkyl halides is 2. The summed E-state index contributed by atoms with van der Waals surface area (Å²) in [7, 11) is 0. The van der Waals surface area contributed by atoms with Crippen LogP contribution in [0.25, 0.3) is 0 Å². The van der Waals surface area contributed by atoms with Crippen LogP contribution >= 0.6 is 0 Å². The highest BCUT2D eigenvalue weighted by atomic mass is 19.3. The van der Waals surface area contributed by atoms with Crippen molar-refractivity contribution < 1.29 is 23.4 Å². The molecular weight excluding hydrogens is 230 g/mol. The van der Waals surface area contributed by atoms with Gasteiger partial charge in [-0.15, -0.1) is 0 Å². The Balaban J connectivity index is 2.81. The summed E-state index contributed by atoms with van der Waals surface area (Å²) in [5.74, 6) is -1.21. The third kappa shape index (κ3) is 3.78. The van der Waals surface area contributed by atoms with E-state index in [9.17, 15) is 13.6 Å². The molecule has 1 atom stereocenters. The number of aryl methyl sites for hydroxylation is 1. The third-order valence-corrected chi connectivity index (χ3v) is 2.52. The van der Waals surface area contributed by atoms with Gasteiger partial charge in [-0.1, -0.05) is 13.0 Å². The molecule has 17 heavy (non-hydrogen) atoms. The molecule has 0 heterocycles. The lowest BCUT2D eigenvalue weighted by Crippen LogP contribution is -2.10. The van der Waals surface area contributed by atoms with Crippen molar-refractivity contribution in [2.75, 3.05) is 6.61 Å². The first kappa shape index (κ1) is 13.6. The van der Waals surface area contributed by atoms with Gasteiger partial charge in [0.05, 0.1) is 12.2 Å². The molecule has 1 aromatic carbocycles. The van der Waals surface area contributed by atoms with Crippen molar-refractivity contribution in [2.45, 2.75) is 26.4 Å². The molecule has 0 aliphatic heterocycles. The van der Waals surface area contributed by atoms with Crippen LogP contribution in [-0.2, 0) is 4.74 Å². The van der Waals surface area contributed by atoms with Gasteiger partial charge in [-0.3, -0.25) is 0 Å². The average molecular weight is 244 g/mol. The van der Waals surface area contributed by atoms with E-state index in [1.54, 1.807) is 19.9 Å². The van der Waals surface area contributed by atoms with E-state index in [1.807, 2.05) is 0 Å². The predicted octanol–water partition coefficient (Wildman–Crippen LogP) is 3.04. The fourth-order valence-corrected chi connectivity index (χ4v) is 1.67. The van der Waals surface area contributed by atoms with E-state index in [0.29, 0.717) is 0 Å². The average Bonchev–Trinajstić information content (AvgIpc) is 2.25. The van der Waals surface area contributed by atoms with Gasteiger partial charge in [0.2, 0.25) is 0 Å². The molecule has 5 heteroatoms. The maximum atomic E-state index is 11.9. The zero-order valence-corrected chi connectivity index (χ0v) is 9.61. The quantitative estimate of drug-likeness (QED) is 0.865. The lowest BCUT2D eigenvalue weighted by atomic mass is 9.95. The second-order valence-corrected chi connectivity index (χ2v) is 3.87. The van der Waals surface area contributed by atoms with Crippen molar-refractivity contribution in [3.8, 4) is 0 Å². The molecule has 0 aliphatic rings. The molecule has 1 rings (SSSR count). The fourth-order valence-electron chi connectivity index (χ4n) is 1.67. The Kier molecular flexibility index (Phi) is 4.57. The summed E-state index contributed by atoms with van der Waals surface area (Å²) in [5, 5.41) is 8.79. The van der Waals surface area contributed by atoms with E-state index < -0.39 is 12.6 Å². The smallest absolute Gasteiger partial charge is 0.345 e. The minimum Gasteiger partial charge on any atom is -0.478 e. The van der Waals surface area contributed by atoms with Gasteiger partial charge in [0, 0.05) is 5.92 Å². The zero-order chi connectivity index (χ0) is 13.0. The van der Waals surface area contributed by atoms with Crippen molar-refractivity contribution in [1.29, 1.82) is 0 Å². The topological polar surface area (TPSA) is 46.5 Å². The number of hydrogen-bond donors (Lipinski definition) is 1. The number of carbonyl (C=O) groups is 1. The number of benzene rings is 1. The van der Waals surface area contributed by atoms with Gasteiger partial charge in [0.25, 0.3) is 0 Å². The normalized spacial score (nSPS) is 12.8. The molecule has 0 radical (unpaired) electrons. The second-order valence-electron chi connectivity index (χ2n) is 3.87. The Hall–Kier alpha value is -1.49. The van der Waals surface area contributed by atoms with E-state index in [2.05, 4.69) is 4.74 Å². The highest BCUT2D eigenvalue weighted by Crippen LogP contribution is 2.21. The summed E-state index contributed by atoms with van der Waals surface area (Å²) in [4.78, 5) is 10.7. The molecule has 0 bridgehead atoms. The van der Waals surface area contributed by atoms with Crippen LogP contribution in [0.15, 0.2) is 18.2 Å².